The number of ether oxygens (including phenoxy) is 1. The summed E-state index contributed by atoms with van der Waals surface area (Å²) in [6, 6.07) is 6.27. The Hall–Kier alpha value is -3.95. The first-order valence-electron chi connectivity index (χ1n) is 10.8. The van der Waals surface area contributed by atoms with E-state index in [-0.39, 0.29) is 11.5 Å². The lowest BCUT2D eigenvalue weighted by Crippen LogP contribution is -2.35. The molecule has 0 bridgehead atoms. The van der Waals surface area contributed by atoms with Crippen LogP contribution >= 0.6 is 0 Å². The van der Waals surface area contributed by atoms with Crippen molar-refractivity contribution < 1.29 is 14.6 Å². The van der Waals surface area contributed by atoms with Crippen molar-refractivity contribution in [2.45, 2.75) is 51.7 Å². The number of nitrogens with one attached hydrogen (secondary N) is 1. The van der Waals surface area contributed by atoms with E-state index in [1.807, 2.05) is 19.9 Å². The maximum Gasteiger partial charge on any atom is 0.338 e. The molecule has 0 unspecified atom stereocenters. The molecule has 0 amide bonds. The third kappa shape index (κ3) is 4.11. The zero-order valence-corrected chi connectivity index (χ0v) is 18.4. The molecule has 0 saturated heterocycles. The van der Waals surface area contributed by atoms with Crippen molar-refractivity contribution in [3.05, 3.63) is 63.8 Å². The molecule has 3 aromatic heterocycles. The highest BCUT2D eigenvalue weighted by Crippen LogP contribution is 2.28. The molecule has 10 heteroatoms. The van der Waals surface area contributed by atoms with Gasteiger partial charge in [0.05, 0.1) is 24.5 Å². The zero-order valence-electron chi connectivity index (χ0n) is 18.4. The van der Waals surface area contributed by atoms with Crippen molar-refractivity contribution in [1.29, 1.82) is 0 Å². The molecule has 0 saturated carbocycles. The van der Waals surface area contributed by atoms with Gasteiger partial charge in [-0.2, -0.15) is 10.2 Å². The Balaban J connectivity index is 1.40. The van der Waals surface area contributed by atoms with Crippen molar-refractivity contribution in [1.82, 2.24) is 29.5 Å². The molecule has 10 nitrogen and oxygen atoms in total. The summed E-state index contributed by atoms with van der Waals surface area (Å²) in [4.78, 5) is 31.0. The van der Waals surface area contributed by atoms with E-state index in [4.69, 9.17) is 9.84 Å². The number of aromatic carboxylic acids is 1. The molecule has 33 heavy (non-hydrogen) atoms. The van der Waals surface area contributed by atoms with Gasteiger partial charge in [0, 0.05) is 6.20 Å². The minimum Gasteiger partial charge on any atom is -0.486 e. The number of hydrogen-bond donors (Lipinski definition) is 2. The van der Waals surface area contributed by atoms with Crippen molar-refractivity contribution >= 4 is 17.0 Å². The number of aryl methyl sites for hydroxylation is 2. The lowest BCUT2D eigenvalue weighted by atomic mass is 9.91. The van der Waals surface area contributed by atoms with Crippen LogP contribution in [0.25, 0.3) is 17.0 Å². The van der Waals surface area contributed by atoms with Gasteiger partial charge in [-0.1, -0.05) is 6.07 Å². The summed E-state index contributed by atoms with van der Waals surface area (Å²) in [5, 5.41) is 17.4. The van der Waals surface area contributed by atoms with Gasteiger partial charge in [0.1, 0.15) is 16.9 Å². The Kier molecular flexibility index (Phi) is 4.99. The minimum absolute atomic E-state index is 0.00508. The molecular weight excluding hydrogens is 424 g/mol. The van der Waals surface area contributed by atoms with E-state index in [0.29, 0.717) is 17.6 Å². The van der Waals surface area contributed by atoms with E-state index >= 15 is 0 Å². The van der Waals surface area contributed by atoms with Crippen LogP contribution in [-0.2, 0) is 19.4 Å². The van der Waals surface area contributed by atoms with E-state index in [9.17, 15) is 9.59 Å². The third-order valence-corrected chi connectivity index (χ3v) is 5.78. The fourth-order valence-electron chi connectivity index (χ4n) is 4.26. The molecule has 4 aromatic rings. The summed E-state index contributed by atoms with van der Waals surface area (Å²) < 4.78 is 9.08. The number of rotatable bonds is 6. The predicted octanol–water partition coefficient (Wildman–Crippen LogP) is 2.74. The SMILES string of the molecule is CC(C)(Cn1ncc2nc(-n3cc(C(=O)O)cn3)[nH]c(=O)c21)Oc1ccc2c(c1)CCCC2. The Morgan fingerprint density at radius 1 is 1.18 bits per heavy atom. The number of hydrogen-bond acceptors (Lipinski definition) is 6. The fourth-order valence-corrected chi connectivity index (χ4v) is 4.26. The van der Waals surface area contributed by atoms with E-state index in [2.05, 4.69) is 32.3 Å². The van der Waals surface area contributed by atoms with Crippen molar-refractivity contribution in [2.24, 2.45) is 0 Å². The molecule has 0 spiro atoms. The van der Waals surface area contributed by atoms with Crippen LogP contribution in [0, 0.1) is 0 Å². The number of benzene rings is 1. The minimum atomic E-state index is -1.11. The van der Waals surface area contributed by atoms with Gasteiger partial charge in [-0.05, 0) is 62.8 Å². The van der Waals surface area contributed by atoms with E-state index < -0.39 is 17.1 Å². The highest BCUT2D eigenvalue weighted by molar-refractivity contribution is 5.87. The van der Waals surface area contributed by atoms with Crippen LogP contribution in [0.3, 0.4) is 0 Å². The second kappa shape index (κ2) is 7.88. The van der Waals surface area contributed by atoms with Crippen molar-refractivity contribution in [3.63, 3.8) is 0 Å². The van der Waals surface area contributed by atoms with Gasteiger partial charge < -0.3 is 9.84 Å². The summed E-state index contributed by atoms with van der Waals surface area (Å²) in [5.74, 6) is -0.192. The van der Waals surface area contributed by atoms with Gasteiger partial charge >= 0.3 is 5.97 Å². The fraction of sp³-hybridized carbons (Fsp3) is 0.348. The highest BCUT2D eigenvalue weighted by Gasteiger charge is 2.24. The number of nitrogens with zero attached hydrogens (tertiary/aromatic N) is 5. The number of carboxylic acids is 1. The first kappa shape index (κ1) is 20.9. The van der Waals surface area contributed by atoms with Gasteiger partial charge in [-0.15, -0.1) is 0 Å². The molecule has 0 atom stereocenters. The maximum absolute atomic E-state index is 12.8. The van der Waals surface area contributed by atoms with Gasteiger partial charge in [0.25, 0.3) is 5.56 Å². The van der Waals surface area contributed by atoms with Crippen LogP contribution in [0.4, 0.5) is 0 Å². The van der Waals surface area contributed by atoms with E-state index in [0.717, 1.165) is 18.6 Å². The molecule has 170 valence electrons. The van der Waals surface area contributed by atoms with Crippen molar-refractivity contribution in [3.8, 4) is 11.7 Å². The monoisotopic (exact) mass is 448 g/mol. The maximum atomic E-state index is 12.8. The summed E-state index contributed by atoms with van der Waals surface area (Å²) in [6.07, 6.45) is 8.60. The molecule has 1 aromatic carbocycles. The Morgan fingerprint density at radius 3 is 2.73 bits per heavy atom. The van der Waals surface area contributed by atoms with E-state index in [1.54, 1.807) is 4.68 Å². The molecule has 2 N–H and O–H groups in total. The standard InChI is InChI=1S/C23H24N6O4/c1-23(2,33-17-8-7-14-5-3-4-6-15(14)9-17)13-29-19-18(11-25-29)26-22(27-20(19)30)28-12-16(10-24-28)21(31)32/h7-12H,3-6,13H2,1-2H3,(H,31,32)(H,26,27,30). The second-order valence-corrected chi connectivity index (χ2v) is 8.90. The van der Waals surface area contributed by atoms with Gasteiger partial charge in [0.2, 0.25) is 5.95 Å². The predicted molar refractivity (Wildman–Crippen MR) is 120 cm³/mol. The highest BCUT2D eigenvalue weighted by atomic mass is 16.5. The lowest BCUT2D eigenvalue weighted by Gasteiger charge is -2.27. The number of carboxylic acid groups (broad SMARTS) is 1. The Labute approximate surface area is 188 Å². The molecule has 5 rings (SSSR count). The van der Waals surface area contributed by atoms with Crippen molar-refractivity contribution in [2.75, 3.05) is 0 Å². The summed E-state index contributed by atoms with van der Waals surface area (Å²) in [6.45, 7) is 4.24. The molecule has 0 aliphatic heterocycles. The number of carbonyl (C=O) groups is 1. The summed E-state index contributed by atoms with van der Waals surface area (Å²) >= 11 is 0. The quantitative estimate of drug-likeness (QED) is 0.464. The Morgan fingerprint density at radius 2 is 1.97 bits per heavy atom. The number of aromatic nitrogens is 6. The average Bonchev–Trinajstić information content (AvgIpc) is 3.41. The number of aromatic amines is 1. The van der Waals surface area contributed by atoms with Crippen LogP contribution in [-0.4, -0.2) is 46.2 Å². The summed E-state index contributed by atoms with van der Waals surface area (Å²) in [5.41, 5.74) is 2.39. The van der Waals surface area contributed by atoms with Crippen LogP contribution in [0.5, 0.6) is 5.75 Å². The average molecular weight is 448 g/mol. The number of H-pyrrole nitrogens is 1. The molecule has 3 heterocycles. The molecule has 1 aliphatic carbocycles. The second-order valence-electron chi connectivity index (χ2n) is 8.90. The first-order chi connectivity index (χ1) is 15.8. The summed E-state index contributed by atoms with van der Waals surface area (Å²) in [7, 11) is 0. The van der Waals surface area contributed by atoms with Gasteiger partial charge in [-0.3, -0.25) is 14.5 Å². The van der Waals surface area contributed by atoms with E-state index in [1.165, 1.54) is 47.2 Å². The molecular formula is C23H24N6O4. The first-order valence-corrected chi connectivity index (χ1v) is 10.8. The van der Waals surface area contributed by atoms with Crippen LogP contribution in [0.2, 0.25) is 0 Å². The lowest BCUT2D eigenvalue weighted by molar-refractivity contribution is 0.0696. The molecule has 0 radical (unpaired) electrons. The molecule has 1 aliphatic rings. The smallest absolute Gasteiger partial charge is 0.338 e. The topological polar surface area (TPSA) is 128 Å². The van der Waals surface area contributed by atoms with Gasteiger partial charge in [-0.25, -0.2) is 14.5 Å². The van der Waals surface area contributed by atoms with Crippen LogP contribution in [0.15, 0.2) is 41.6 Å². The largest absolute Gasteiger partial charge is 0.486 e. The normalized spacial score (nSPS) is 13.8. The van der Waals surface area contributed by atoms with Gasteiger partial charge in [0.15, 0.2) is 5.52 Å². The molecule has 0 fully saturated rings. The Bertz CT molecular complexity index is 1410. The van der Waals surface area contributed by atoms with Crippen LogP contribution in [0.1, 0.15) is 48.2 Å². The zero-order chi connectivity index (χ0) is 23.2. The van der Waals surface area contributed by atoms with Crippen LogP contribution < -0.4 is 10.3 Å². The number of fused-ring (bicyclic) bond motifs is 2. The third-order valence-electron chi connectivity index (χ3n) is 5.78.